The van der Waals surface area contributed by atoms with E-state index in [1.807, 2.05) is 0 Å². The van der Waals surface area contributed by atoms with Gasteiger partial charge in [0.05, 0.1) is 10.6 Å². The van der Waals surface area contributed by atoms with E-state index in [0.29, 0.717) is 37.9 Å². The fourth-order valence-corrected chi connectivity index (χ4v) is 5.68. The zero-order valence-electron chi connectivity index (χ0n) is 16.4. The number of halogens is 2. The summed E-state index contributed by atoms with van der Waals surface area (Å²) >= 11 is 19.0. The first kappa shape index (κ1) is 21.8. The second kappa shape index (κ2) is 9.01. The van der Waals surface area contributed by atoms with Crippen LogP contribution in [-0.2, 0) is 12.8 Å². The molecule has 0 saturated heterocycles. The first-order valence-corrected chi connectivity index (χ1v) is 11.6. The van der Waals surface area contributed by atoms with Crippen LogP contribution in [0.5, 0.6) is 0 Å². The van der Waals surface area contributed by atoms with Crippen molar-refractivity contribution < 1.29 is 9.21 Å². The van der Waals surface area contributed by atoms with Gasteiger partial charge >= 0.3 is 0 Å². The van der Waals surface area contributed by atoms with E-state index in [-0.39, 0.29) is 10.9 Å². The Morgan fingerprint density at radius 1 is 1.32 bits per heavy atom. The summed E-state index contributed by atoms with van der Waals surface area (Å²) in [5.74, 6) is 0.629. The molecule has 0 bridgehead atoms. The number of nitriles is 1. The summed E-state index contributed by atoms with van der Waals surface area (Å²) in [7, 11) is 0. The van der Waals surface area contributed by atoms with Crippen LogP contribution in [-0.4, -0.2) is 11.0 Å². The van der Waals surface area contributed by atoms with Crippen molar-refractivity contribution in [2.75, 3.05) is 5.32 Å². The van der Waals surface area contributed by atoms with Gasteiger partial charge in [0.1, 0.15) is 16.8 Å². The second-order valence-corrected chi connectivity index (χ2v) is 9.72. The van der Waals surface area contributed by atoms with Crippen LogP contribution < -0.4 is 10.6 Å². The summed E-state index contributed by atoms with van der Waals surface area (Å²) in [5.41, 5.74) is 2.33. The van der Waals surface area contributed by atoms with Crippen LogP contribution in [0.4, 0.5) is 5.00 Å². The first-order valence-electron chi connectivity index (χ1n) is 9.58. The number of anilines is 1. The highest BCUT2D eigenvalue weighted by atomic mass is 35.5. The van der Waals surface area contributed by atoms with E-state index in [2.05, 4.69) is 23.6 Å². The van der Waals surface area contributed by atoms with Gasteiger partial charge in [0, 0.05) is 15.5 Å². The molecule has 3 aromatic rings. The molecule has 9 heteroatoms. The topological polar surface area (TPSA) is 78.1 Å². The van der Waals surface area contributed by atoms with Gasteiger partial charge < -0.3 is 9.73 Å². The fraction of sp³-hybridized carbons (Fsp3) is 0.227. The lowest BCUT2D eigenvalue weighted by Crippen LogP contribution is -2.33. The molecule has 0 unspecified atom stereocenters. The average Bonchev–Trinajstić information content (AvgIpc) is 3.32. The summed E-state index contributed by atoms with van der Waals surface area (Å²) in [6.07, 6.45) is 2.91. The zero-order valence-corrected chi connectivity index (χ0v) is 19.6. The van der Waals surface area contributed by atoms with Crippen LogP contribution in [0, 0.1) is 17.2 Å². The van der Waals surface area contributed by atoms with E-state index in [1.54, 1.807) is 30.3 Å². The Balaban J connectivity index is 1.46. The number of nitrogens with zero attached hydrogens (tertiary/aromatic N) is 1. The van der Waals surface area contributed by atoms with Crippen LogP contribution >= 0.6 is 46.8 Å². The quantitative estimate of drug-likeness (QED) is 0.413. The standard InChI is InChI=1S/C22H17Cl2N3O2S2/c1-11-2-4-13-15(10-25)21(31-19(13)8-11)27-22(30)26-20(28)18-7-6-17(29-18)14-5-3-12(23)9-16(14)24/h3,5-7,9,11H,2,4,8H2,1H3,(H2,26,27,28,30)/t11-/m1/s1. The molecule has 2 heterocycles. The number of carbonyl (C=O) groups is 1. The maximum atomic E-state index is 12.6. The minimum Gasteiger partial charge on any atom is -0.451 e. The molecule has 0 aliphatic heterocycles. The monoisotopic (exact) mass is 489 g/mol. The Labute approximate surface area is 199 Å². The van der Waals surface area contributed by atoms with Gasteiger partial charge in [-0.1, -0.05) is 30.1 Å². The van der Waals surface area contributed by atoms with Crippen molar-refractivity contribution in [1.82, 2.24) is 5.32 Å². The van der Waals surface area contributed by atoms with Crippen molar-refractivity contribution in [2.45, 2.75) is 26.2 Å². The molecule has 1 aliphatic rings. The SMILES string of the molecule is C[C@@H]1CCc2c(sc(NC(=S)NC(=O)c3ccc(-c4ccc(Cl)cc4Cl)o3)c2C#N)C1. The van der Waals surface area contributed by atoms with Gasteiger partial charge in [0.2, 0.25) is 0 Å². The molecule has 1 atom stereocenters. The van der Waals surface area contributed by atoms with Crippen LogP contribution in [0.1, 0.15) is 39.9 Å². The van der Waals surface area contributed by atoms with Crippen molar-refractivity contribution in [2.24, 2.45) is 5.92 Å². The lowest BCUT2D eigenvalue weighted by atomic mass is 9.89. The summed E-state index contributed by atoms with van der Waals surface area (Å²) in [5, 5.41) is 16.9. The van der Waals surface area contributed by atoms with Gasteiger partial charge in [0.25, 0.3) is 5.91 Å². The maximum Gasteiger partial charge on any atom is 0.293 e. The Bertz CT molecular complexity index is 1230. The number of thiophene rings is 1. The summed E-state index contributed by atoms with van der Waals surface area (Å²) in [6, 6.07) is 10.5. The summed E-state index contributed by atoms with van der Waals surface area (Å²) in [6.45, 7) is 2.21. The van der Waals surface area contributed by atoms with Crippen molar-refractivity contribution in [1.29, 1.82) is 5.26 Å². The van der Waals surface area contributed by atoms with Gasteiger partial charge in [-0.05, 0) is 73.3 Å². The molecule has 2 aromatic heterocycles. The van der Waals surface area contributed by atoms with Gasteiger partial charge in [0.15, 0.2) is 10.9 Å². The molecule has 4 rings (SSSR count). The van der Waals surface area contributed by atoms with Gasteiger partial charge in [-0.25, -0.2) is 0 Å². The lowest BCUT2D eigenvalue weighted by Gasteiger charge is -2.17. The molecule has 2 N–H and O–H groups in total. The van der Waals surface area contributed by atoms with E-state index in [1.165, 1.54) is 16.2 Å². The third-order valence-electron chi connectivity index (χ3n) is 5.10. The Hall–Kier alpha value is -2.37. The molecular weight excluding hydrogens is 473 g/mol. The third kappa shape index (κ3) is 4.63. The summed E-state index contributed by atoms with van der Waals surface area (Å²) < 4.78 is 5.65. The summed E-state index contributed by atoms with van der Waals surface area (Å²) in [4.78, 5) is 13.8. The largest absolute Gasteiger partial charge is 0.451 e. The van der Waals surface area contributed by atoms with Crippen LogP contribution in [0.15, 0.2) is 34.7 Å². The number of hydrogen-bond donors (Lipinski definition) is 2. The van der Waals surface area contributed by atoms with Gasteiger partial charge in [-0.3, -0.25) is 10.1 Å². The van der Waals surface area contributed by atoms with Crippen molar-refractivity contribution >= 4 is 62.8 Å². The predicted molar refractivity (Wildman–Crippen MR) is 128 cm³/mol. The number of rotatable bonds is 3. The highest BCUT2D eigenvalue weighted by molar-refractivity contribution is 7.80. The van der Waals surface area contributed by atoms with Crippen LogP contribution in [0.2, 0.25) is 10.0 Å². The Kier molecular flexibility index (Phi) is 6.35. The lowest BCUT2D eigenvalue weighted by molar-refractivity contribution is 0.0951. The van der Waals surface area contributed by atoms with E-state index in [0.717, 1.165) is 24.8 Å². The minimum absolute atomic E-state index is 0.0879. The van der Waals surface area contributed by atoms with E-state index >= 15 is 0 Å². The molecular formula is C22H17Cl2N3O2S2. The second-order valence-electron chi connectivity index (χ2n) is 7.36. The third-order valence-corrected chi connectivity index (χ3v) is 7.03. The van der Waals surface area contributed by atoms with E-state index in [4.69, 9.17) is 39.8 Å². The maximum absolute atomic E-state index is 12.6. The number of thiocarbonyl (C=S) groups is 1. The molecule has 0 saturated carbocycles. The smallest absolute Gasteiger partial charge is 0.293 e. The van der Waals surface area contributed by atoms with Crippen LogP contribution in [0.3, 0.4) is 0 Å². The molecule has 5 nitrogen and oxygen atoms in total. The first-order chi connectivity index (χ1) is 14.9. The molecule has 0 spiro atoms. The fourth-order valence-electron chi connectivity index (χ4n) is 3.55. The molecule has 1 aromatic carbocycles. The predicted octanol–water partition coefficient (Wildman–Crippen LogP) is 6.44. The molecule has 0 radical (unpaired) electrons. The number of furan rings is 1. The number of nitrogens with one attached hydrogen (secondary N) is 2. The average molecular weight is 490 g/mol. The number of carbonyl (C=O) groups excluding carboxylic acids is 1. The van der Waals surface area contributed by atoms with Crippen molar-refractivity contribution in [3.8, 4) is 17.4 Å². The van der Waals surface area contributed by atoms with Crippen molar-refractivity contribution in [3.05, 3.63) is 62.1 Å². The zero-order chi connectivity index (χ0) is 22.1. The normalized spacial score (nSPS) is 15.1. The number of benzene rings is 1. The minimum atomic E-state index is -0.498. The Morgan fingerprint density at radius 2 is 2.13 bits per heavy atom. The number of amides is 1. The molecule has 0 fully saturated rings. The molecule has 1 amide bonds. The highest BCUT2D eigenvalue weighted by Crippen LogP contribution is 2.39. The van der Waals surface area contributed by atoms with Gasteiger partial charge in [-0.15, -0.1) is 11.3 Å². The molecule has 31 heavy (non-hydrogen) atoms. The van der Waals surface area contributed by atoms with E-state index in [9.17, 15) is 10.1 Å². The molecule has 158 valence electrons. The van der Waals surface area contributed by atoms with Crippen molar-refractivity contribution in [3.63, 3.8) is 0 Å². The number of fused-ring (bicyclic) bond motifs is 1. The molecule has 1 aliphatic carbocycles. The van der Waals surface area contributed by atoms with E-state index < -0.39 is 5.91 Å². The van der Waals surface area contributed by atoms with Crippen LogP contribution in [0.25, 0.3) is 11.3 Å². The van der Waals surface area contributed by atoms with Gasteiger partial charge in [-0.2, -0.15) is 5.26 Å². The number of hydrogen-bond acceptors (Lipinski definition) is 5. The highest BCUT2D eigenvalue weighted by Gasteiger charge is 2.24. The Morgan fingerprint density at radius 3 is 2.87 bits per heavy atom.